The van der Waals surface area contributed by atoms with Gasteiger partial charge in [0.05, 0.1) is 0 Å². The lowest BCUT2D eigenvalue weighted by Gasteiger charge is -2.14. The Morgan fingerprint density at radius 1 is 1.18 bits per heavy atom. The van der Waals surface area contributed by atoms with Crippen molar-refractivity contribution in [1.82, 2.24) is 15.5 Å². The van der Waals surface area contributed by atoms with Crippen LogP contribution >= 0.6 is 24.0 Å². The van der Waals surface area contributed by atoms with Crippen LogP contribution in [0, 0.1) is 0 Å². The predicted octanol–water partition coefficient (Wildman–Crippen LogP) is 3.99. The zero-order valence-corrected chi connectivity index (χ0v) is 19.8. The van der Waals surface area contributed by atoms with Crippen LogP contribution in [0.1, 0.15) is 54.9 Å². The van der Waals surface area contributed by atoms with Crippen molar-refractivity contribution in [2.45, 2.75) is 45.4 Å². The maximum Gasteiger partial charge on any atom is 0.253 e. The minimum atomic E-state index is 0. The van der Waals surface area contributed by atoms with Crippen LogP contribution in [0.25, 0.3) is 0 Å². The van der Waals surface area contributed by atoms with E-state index in [0.29, 0.717) is 0 Å². The molecule has 2 rings (SSSR count). The number of halogens is 1. The maximum absolute atomic E-state index is 12.1. The molecule has 28 heavy (non-hydrogen) atoms. The minimum Gasteiger partial charge on any atom is -0.357 e. The van der Waals surface area contributed by atoms with Crippen LogP contribution in [0.3, 0.4) is 0 Å². The molecular weight excluding hydrogens is 463 g/mol. The van der Waals surface area contributed by atoms with Crippen LogP contribution in [0.15, 0.2) is 40.9 Å². The van der Waals surface area contributed by atoms with Crippen molar-refractivity contribution >= 4 is 35.8 Å². The number of hydrogen-bond donors (Lipinski definition) is 2. The van der Waals surface area contributed by atoms with Gasteiger partial charge in [-0.15, -0.1) is 24.0 Å². The van der Waals surface area contributed by atoms with E-state index >= 15 is 0 Å². The van der Waals surface area contributed by atoms with Gasteiger partial charge in [-0.1, -0.05) is 23.8 Å². The number of benzene rings is 1. The Bertz CT molecular complexity index is 670. The van der Waals surface area contributed by atoms with E-state index in [9.17, 15) is 4.79 Å². The summed E-state index contributed by atoms with van der Waals surface area (Å²) in [4.78, 5) is 18.4. The Labute approximate surface area is 187 Å². The third-order valence-corrected chi connectivity index (χ3v) is 4.72. The van der Waals surface area contributed by atoms with Crippen LogP contribution in [0.4, 0.5) is 0 Å². The molecule has 0 spiro atoms. The van der Waals surface area contributed by atoms with Gasteiger partial charge < -0.3 is 15.5 Å². The van der Waals surface area contributed by atoms with Crippen molar-refractivity contribution in [3.8, 4) is 0 Å². The number of carbonyl (C=O) groups excluding carboxylic acids is 1. The Hall–Kier alpha value is -1.57. The van der Waals surface area contributed by atoms with Gasteiger partial charge in [0.25, 0.3) is 5.91 Å². The summed E-state index contributed by atoms with van der Waals surface area (Å²) in [6.45, 7) is 4.54. The summed E-state index contributed by atoms with van der Waals surface area (Å²) in [7, 11) is 3.55. The molecule has 0 atom stereocenters. The van der Waals surface area contributed by atoms with Crippen LogP contribution in [-0.4, -0.2) is 50.5 Å². The molecule has 1 aliphatic carbocycles. The van der Waals surface area contributed by atoms with Crippen LogP contribution < -0.4 is 10.6 Å². The van der Waals surface area contributed by atoms with E-state index in [2.05, 4.69) is 29.7 Å². The van der Waals surface area contributed by atoms with E-state index < -0.39 is 0 Å². The first-order valence-corrected chi connectivity index (χ1v) is 10.1. The SMILES string of the molecule is CCNC(=NCCC1=CCCCC1)NCCc1cccc(C(=O)N(C)C)c1.I. The molecule has 0 fully saturated rings. The second-order valence-corrected chi connectivity index (χ2v) is 7.20. The number of rotatable bonds is 8. The second kappa shape index (κ2) is 13.6. The van der Waals surface area contributed by atoms with Crippen molar-refractivity contribution in [3.05, 3.63) is 47.0 Å². The fourth-order valence-electron chi connectivity index (χ4n) is 3.23. The highest BCUT2D eigenvalue weighted by Crippen LogP contribution is 2.19. The van der Waals surface area contributed by atoms with Crippen molar-refractivity contribution in [3.63, 3.8) is 0 Å². The Kier molecular flexibility index (Phi) is 11.9. The van der Waals surface area contributed by atoms with Crippen LogP contribution in [-0.2, 0) is 6.42 Å². The third-order valence-electron chi connectivity index (χ3n) is 4.72. The summed E-state index contributed by atoms with van der Waals surface area (Å²) < 4.78 is 0. The molecule has 6 heteroatoms. The molecule has 0 heterocycles. The molecule has 0 aromatic heterocycles. The lowest BCUT2D eigenvalue weighted by molar-refractivity contribution is 0.0827. The van der Waals surface area contributed by atoms with Gasteiger partial charge in [0, 0.05) is 39.3 Å². The van der Waals surface area contributed by atoms with Gasteiger partial charge in [-0.25, -0.2) is 0 Å². The van der Waals surface area contributed by atoms with Crippen molar-refractivity contribution in [1.29, 1.82) is 0 Å². The van der Waals surface area contributed by atoms with Gasteiger partial charge in [0.2, 0.25) is 0 Å². The molecule has 0 radical (unpaired) electrons. The van der Waals surface area contributed by atoms with Crippen LogP contribution in [0.2, 0.25) is 0 Å². The molecule has 0 bridgehead atoms. The van der Waals surface area contributed by atoms with Gasteiger partial charge in [-0.2, -0.15) is 0 Å². The highest BCUT2D eigenvalue weighted by Gasteiger charge is 2.08. The zero-order chi connectivity index (χ0) is 19.5. The standard InChI is InChI=1S/C22H34N4O.HI/c1-4-23-22(24-15-13-18-9-6-5-7-10-18)25-16-14-19-11-8-12-20(17-19)21(27)26(2)3;/h8-9,11-12,17H,4-7,10,13-16H2,1-3H3,(H2,23,24,25);1H. The molecule has 0 saturated carbocycles. The maximum atomic E-state index is 12.1. The highest BCUT2D eigenvalue weighted by atomic mass is 127. The fourth-order valence-corrected chi connectivity index (χ4v) is 3.23. The number of carbonyl (C=O) groups is 1. The molecule has 1 aromatic carbocycles. The molecule has 1 aliphatic rings. The van der Waals surface area contributed by atoms with E-state index in [4.69, 9.17) is 4.99 Å². The average Bonchev–Trinajstić information content (AvgIpc) is 2.68. The summed E-state index contributed by atoms with van der Waals surface area (Å²) in [6, 6.07) is 7.85. The number of nitrogens with one attached hydrogen (secondary N) is 2. The van der Waals surface area contributed by atoms with Crippen molar-refractivity contribution < 1.29 is 4.79 Å². The van der Waals surface area contributed by atoms with Crippen LogP contribution in [0.5, 0.6) is 0 Å². The number of nitrogens with zero attached hydrogens (tertiary/aromatic N) is 2. The topological polar surface area (TPSA) is 56.7 Å². The molecule has 2 N–H and O–H groups in total. The van der Waals surface area contributed by atoms with Gasteiger partial charge >= 0.3 is 0 Å². The first-order valence-electron chi connectivity index (χ1n) is 10.1. The second-order valence-electron chi connectivity index (χ2n) is 7.20. The number of guanidine groups is 1. The largest absolute Gasteiger partial charge is 0.357 e. The van der Waals surface area contributed by atoms with E-state index in [1.165, 1.54) is 25.7 Å². The van der Waals surface area contributed by atoms with Gasteiger partial charge in [0.15, 0.2) is 5.96 Å². The number of hydrogen-bond acceptors (Lipinski definition) is 2. The molecule has 0 aliphatic heterocycles. The first kappa shape index (κ1) is 24.5. The van der Waals surface area contributed by atoms with Gasteiger partial charge in [-0.3, -0.25) is 9.79 Å². The Balaban J connectivity index is 0.00000392. The molecule has 156 valence electrons. The molecular formula is C22H35IN4O. The fraction of sp³-hybridized carbons (Fsp3) is 0.545. The van der Waals surface area contributed by atoms with Crippen molar-refractivity contribution in [2.75, 3.05) is 33.7 Å². The Morgan fingerprint density at radius 2 is 2.00 bits per heavy atom. The predicted molar refractivity (Wildman–Crippen MR) is 129 cm³/mol. The normalized spacial score (nSPS) is 14.0. The van der Waals surface area contributed by atoms with E-state index in [-0.39, 0.29) is 29.9 Å². The van der Waals surface area contributed by atoms with E-state index in [1.807, 2.05) is 18.2 Å². The summed E-state index contributed by atoms with van der Waals surface area (Å²) in [5, 5.41) is 6.71. The summed E-state index contributed by atoms with van der Waals surface area (Å²) >= 11 is 0. The van der Waals surface area contributed by atoms with Gasteiger partial charge in [0.1, 0.15) is 0 Å². The minimum absolute atomic E-state index is 0. The lowest BCUT2D eigenvalue weighted by Crippen LogP contribution is -2.38. The molecule has 0 unspecified atom stereocenters. The molecule has 5 nitrogen and oxygen atoms in total. The summed E-state index contributed by atoms with van der Waals surface area (Å²) in [5.74, 6) is 0.908. The highest BCUT2D eigenvalue weighted by molar-refractivity contribution is 14.0. The third kappa shape index (κ3) is 8.63. The summed E-state index contributed by atoms with van der Waals surface area (Å²) in [5.41, 5.74) is 3.44. The lowest BCUT2D eigenvalue weighted by atomic mass is 9.97. The van der Waals surface area contributed by atoms with Crippen molar-refractivity contribution in [2.24, 2.45) is 4.99 Å². The van der Waals surface area contributed by atoms with Gasteiger partial charge in [-0.05, 0) is 63.1 Å². The summed E-state index contributed by atoms with van der Waals surface area (Å²) in [6.07, 6.45) is 9.42. The molecule has 1 amide bonds. The average molecular weight is 498 g/mol. The van der Waals surface area contributed by atoms with E-state index in [0.717, 1.165) is 49.6 Å². The smallest absolute Gasteiger partial charge is 0.253 e. The first-order chi connectivity index (χ1) is 13.1. The monoisotopic (exact) mass is 498 g/mol. The number of allylic oxidation sites excluding steroid dienone is 1. The number of amides is 1. The zero-order valence-electron chi connectivity index (χ0n) is 17.5. The molecule has 0 saturated heterocycles. The molecule has 1 aromatic rings. The quantitative estimate of drug-likeness (QED) is 0.247. The Morgan fingerprint density at radius 3 is 2.68 bits per heavy atom. The number of aliphatic imine (C=N–C) groups is 1. The van der Waals surface area contributed by atoms with E-state index in [1.54, 1.807) is 24.6 Å².